The first-order valence-corrected chi connectivity index (χ1v) is 2.89. The second-order valence-electron chi connectivity index (χ2n) is 1.64. The van der Waals surface area contributed by atoms with Crippen molar-refractivity contribution in [3.05, 3.63) is 23.2 Å². The normalized spacial score (nSPS) is 8.64. The zero-order valence-electron chi connectivity index (χ0n) is 5.34. The van der Waals surface area contributed by atoms with Crippen LogP contribution in [-0.4, -0.2) is 4.98 Å². The Labute approximate surface area is 74.1 Å². The van der Waals surface area contributed by atoms with E-state index in [1.165, 1.54) is 6.20 Å². The van der Waals surface area contributed by atoms with Gasteiger partial charge in [-0.2, -0.15) is 0 Å². The Bertz CT molecular complexity index is 243. The largest absolute Gasteiger partial charge is 0.323 e. The highest BCUT2D eigenvalue weighted by Crippen LogP contribution is 2.13. The summed E-state index contributed by atoms with van der Waals surface area (Å²) in [6.07, 6.45) is 1.34. The van der Waals surface area contributed by atoms with Crippen molar-refractivity contribution in [2.45, 2.75) is 0 Å². The third-order valence-corrected chi connectivity index (χ3v) is 1.24. The average molecular weight is 198 g/mol. The van der Waals surface area contributed by atoms with Gasteiger partial charge in [-0.3, -0.25) is 5.84 Å². The standard InChI is InChI=1S/C5H5ClFN3.ClH/c6-5-4(7)1-3(10-8)2-9-5;/h1-2,10H,8H2;1H. The molecule has 0 saturated heterocycles. The number of halogens is 3. The van der Waals surface area contributed by atoms with Crippen molar-refractivity contribution in [1.82, 2.24) is 4.98 Å². The van der Waals surface area contributed by atoms with Crippen LogP contribution in [0.3, 0.4) is 0 Å². The predicted molar refractivity (Wildman–Crippen MR) is 44.3 cm³/mol. The molecule has 3 nitrogen and oxygen atoms in total. The number of aromatic nitrogens is 1. The first-order valence-electron chi connectivity index (χ1n) is 2.51. The topological polar surface area (TPSA) is 50.9 Å². The summed E-state index contributed by atoms with van der Waals surface area (Å²) in [4.78, 5) is 3.50. The van der Waals surface area contributed by atoms with Gasteiger partial charge in [-0.15, -0.1) is 12.4 Å². The van der Waals surface area contributed by atoms with Crippen molar-refractivity contribution in [3.63, 3.8) is 0 Å². The molecule has 0 fully saturated rings. The maximum atomic E-state index is 12.5. The molecule has 1 rings (SSSR count). The van der Waals surface area contributed by atoms with E-state index in [0.29, 0.717) is 5.69 Å². The van der Waals surface area contributed by atoms with Gasteiger partial charge in [-0.1, -0.05) is 11.6 Å². The van der Waals surface area contributed by atoms with Gasteiger partial charge in [0.05, 0.1) is 11.9 Å². The minimum atomic E-state index is -0.586. The fourth-order valence-electron chi connectivity index (χ4n) is 0.500. The smallest absolute Gasteiger partial charge is 0.164 e. The van der Waals surface area contributed by atoms with Crippen LogP contribution in [0.5, 0.6) is 0 Å². The monoisotopic (exact) mass is 197 g/mol. The van der Waals surface area contributed by atoms with Gasteiger partial charge in [0.25, 0.3) is 0 Å². The maximum absolute atomic E-state index is 12.5. The summed E-state index contributed by atoms with van der Waals surface area (Å²) in [5, 5.41) is -0.154. The van der Waals surface area contributed by atoms with Gasteiger partial charge in [-0.25, -0.2) is 9.37 Å². The predicted octanol–water partition coefficient (Wildman–Crippen LogP) is 1.58. The highest BCUT2D eigenvalue weighted by atomic mass is 35.5. The van der Waals surface area contributed by atoms with Crippen LogP contribution in [0.15, 0.2) is 12.3 Å². The van der Waals surface area contributed by atoms with Crippen LogP contribution in [0, 0.1) is 5.82 Å². The molecule has 1 aromatic heterocycles. The van der Waals surface area contributed by atoms with E-state index in [0.717, 1.165) is 6.07 Å². The number of nitrogen functional groups attached to an aromatic ring is 1. The summed E-state index contributed by atoms with van der Waals surface area (Å²) < 4.78 is 12.5. The highest BCUT2D eigenvalue weighted by Gasteiger charge is 1.99. The third-order valence-electron chi connectivity index (χ3n) is 0.963. The molecular formula is C5H6Cl2FN3. The first kappa shape index (κ1) is 10.4. The Morgan fingerprint density at radius 1 is 1.64 bits per heavy atom. The van der Waals surface area contributed by atoms with Crippen LogP contribution < -0.4 is 11.3 Å². The Hall–Kier alpha value is -0.580. The lowest BCUT2D eigenvalue weighted by molar-refractivity contribution is 0.622. The molecule has 6 heteroatoms. The fourth-order valence-corrected chi connectivity index (χ4v) is 0.604. The lowest BCUT2D eigenvalue weighted by Crippen LogP contribution is -2.07. The van der Waals surface area contributed by atoms with Gasteiger partial charge in [0.15, 0.2) is 11.0 Å². The zero-order valence-corrected chi connectivity index (χ0v) is 6.92. The Morgan fingerprint density at radius 2 is 2.27 bits per heavy atom. The molecule has 0 aromatic carbocycles. The summed E-state index contributed by atoms with van der Waals surface area (Å²) in [5.41, 5.74) is 2.62. The third kappa shape index (κ3) is 2.49. The van der Waals surface area contributed by atoms with Crippen LogP contribution in [0.4, 0.5) is 10.1 Å². The molecule has 1 heterocycles. The van der Waals surface area contributed by atoms with Crippen molar-refractivity contribution in [2.75, 3.05) is 5.43 Å². The van der Waals surface area contributed by atoms with E-state index >= 15 is 0 Å². The van der Waals surface area contributed by atoms with Crippen molar-refractivity contribution in [1.29, 1.82) is 0 Å². The number of pyridine rings is 1. The van der Waals surface area contributed by atoms with E-state index in [9.17, 15) is 4.39 Å². The molecule has 0 amide bonds. The van der Waals surface area contributed by atoms with Crippen molar-refractivity contribution in [2.24, 2.45) is 5.84 Å². The second-order valence-corrected chi connectivity index (χ2v) is 2.00. The fraction of sp³-hybridized carbons (Fsp3) is 0. The summed E-state index contributed by atoms with van der Waals surface area (Å²) in [6, 6.07) is 1.16. The minimum absolute atomic E-state index is 0. The van der Waals surface area contributed by atoms with Gasteiger partial charge in [0.1, 0.15) is 0 Å². The molecule has 0 aliphatic heterocycles. The summed E-state index contributed by atoms with van der Waals surface area (Å²) in [7, 11) is 0. The number of nitrogens with one attached hydrogen (secondary N) is 1. The van der Waals surface area contributed by atoms with Gasteiger partial charge >= 0.3 is 0 Å². The van der Waals surface area contributed by atoms with Gasteiger partial charge < -0.3 is 5.43 Å². The van der Waals surface area contributed by atoms with Crippen LogP contribution in [0.1, 0.15) is 0 Å². The molecule has 11 heavy (non-hydrogen) atoms. The average Bonchev–Trinajstić information content (AvgIpc) is 1.95. The lowest BCUT2D eigenvalue weighted by atomic mass is 10.4. The van der Waals surface area contributed by atoms with E-state index in [1.807, 2.05) is 0 Å². The van der Waals surface area contributed by atoms with Crippen LogP contribution in [-0.2, 0) is 0 Å². The number of hydrogen-bond acceptors (Lipinski definition) is 3. The van der Waals surface area contributed by atoms with Gasteiger partial charge in [0.2, 0.25) is 0 Å². The maximum Gasteiger partial charge on any atom is 0.164 e. The molecule has 1 aromatic rings. The molecule has 0 unspecified atom stereocenters. The minimum Gasteiger partial charge on any atom is -0.323 e. The van der Waals surface area contributed by atoms with Crippen LogP contribution in [0.25, 0.3) is 0 Å². The quantitative estimate of drug-likeness (QED) is 0.409. The van der Waals surface area contributed by atoms with Crippen molar-refractivity contribution < 1.29 is 4.39 Å². The van der Waals surface area contributed by atoms with Crippen molar-refractivity contribution >= 4 is 29.7 Å². The SMILES string of the molecule is Cl.NNc1cnc(Cl)c(F)c1. The number of hydrazine groups is 1. The lowest BCUT2D eigenvalue weighted by Gasteiger charge is -1.97. The van der Waals surface area contributed by atoms with Crippen LogP contribution in [0.2, 0.25) is 5.15 Å². The Balaban J connectivity index is 0.000001000. The molecule has 0 spiro atoms. The first-order chi connectivity index (χ1) is 4.74. The Kier molecular flexibility index (Phi) is 4.10. The Morgan fingerprint density at radius 3 is 2.73 bits per heavy atom. The number of nitrogens with zero attached hydrogens (tertiary/aromatic N) is 1. The summed E-state index contributed by atoms with van der Waals surface area (Å²) in [6.45, 7) is 0. The molecule has 3 N–H and O–H groups in total. The van der Waals surface area contributed by atoms with Gasteiger partial charge in [0, 0.05) is 6.07 Å². The highest BCUT2D eigenvalue weighted by molar-refractivity contribution is 6.29. The van der Waals surface area contributed by atoms with Crippen molar-refractivity contribution in [3.8, 4) is 0 Å². The molecule has 0 aliphatic carbocycles. The van der Waals surface area contributed by atoms with Gasteiger partial charge in [-0.05, 0) is 0 Å². The van der Waals surface area contributed by atoms with E-state index in [-0.39, 0.29) is 17.6 Å². The molecule has 0 atom stereocenters. The van der Waals surface area contributed by atoms with E-state index in [4.69, 9.17) is 17.4 Å². The van der Waals surface area contributed by atoms with E-state index in [2.05, 4.69) is 10.4 Å². The van der Waals surface area contributed by atoms with Crippen LogP contribution >= 0.6 is 24.0 Å². The molecule has 0 radical (unpaired) electrons. The molecule has 62 valence electrons. The molecule has 0 bridgehead atoms. The summed E-state index contributed by atoms with van der Waals surface area (Å²) >= 11 is 5.28. The molecule has 0 aliphatic rings. The number of rotatable bonds is 1. The number of nitrogens with two attached hydrogens (primary N) is 1. The zero-order chi connectivity index (χ0) is 7.56. The second kappa shape index (κ2) is 4.33. The molecular weight excluding hydrogens is 192 g/mol. The van der Waals surface area contributed by atoms with E-state index in [1.54, 1.807) is 0 Å². The number of hydrogen-bond donors (Lipinski definition) is 2. The molecule has 0 saturated carbocycles. The van der Waals surface area contributed by atoms with E-state index < -0.39 is 5.82 Å². The summed E-state index contributed by atoms with van der Waals surface area (Å²) in [5.74, 6) is 4.38. The number of anilines is 1.